The van der Waals surface area contributed by atoms with Crippen LogP contribution in [0.2, 0.25) is 0 Å². The van der Waals surface area contributed by atoms with Gasteiger partial charge < -0.3 is 9.31 Å². The first-order chi connectivity index (χ1) is 10.4. The van der Waals surface area contributed by atoms with Crippen molar-refractivity contribution in [3.05, 3.63) is 53.6 Å². The largest absolute Gasteiger partial charge is 0.495 e. The summed E-state index contributed by atoms with van der Waals surface area (Å²) in [5.41, 5.74) is 5.92. The van der Waals surface area contributed by atoms with E-state index < -0.39 is 0 Å². The van der Waals surface area contributed by atoms with Gasteiger partial charge >= 0.3 is 7.12 Å². The Labute approximate surface area is 132 Å². The van der Waals surface area contributed by atoms with Crippen LogP contribution < -0.4 is 5.46 Å². The van der Waals surface area contributed by atoms with E-state index in [0.717, 1.165) is 11.9 Å². The van der Waals surface area contributed by atoms with Crippen molar-refractivity contribution in [2.75, 3.05) is 0 Å². The minimum Gasteiger partial charge on any atom is -0.399 e. The maximum absolute atomic E-state index is 6.27. The van der Waals surface area contributed by atoms with E-state index in [1.165, 1.54) is 22.3 Å². The average Bonchev–Trinajstić information content (AvgIpc) is 2.93. The molecule has 1 aliphatic carbocycles. The van der Waals surface area contributed by atoms with Crippen molar-refractivity contribution in [2.24, 2.45) is 0 Å². The lowest BCUT2D eigenvalue weighted by Crippen LogP contribution is -2.41. The fourth-order valence-electron chi connectivity index (χ4n) is 3.39. The number of hydrogen-bond donors (Lipinski definition) is 0. The zero-order valence-electron chi connectivity index (χ0n) is 13.6. The van der Waals surface area contributed by atoms with Crippen molar-refractivity contribution < 1.29 is 9.31 Å². The van der Waals surface area contributed by atoms with Crippen LogP contribution >= 0.6 is 0 Å². The molecule has 0 atom stereocenters. The lowest BCUT2D eigenvalue weighted by Gasteiger charge is -2.32. The Morgan fingerprint density at radius 3 is 2.18 bits per heavy atom. The highest BCUT2D eigenvalue weighted by Gasteiger charge is 2.52. The maximum Gasteiger partial charge on any atom is 0.495 e. The third kappa shape index (κ3) is 1.89. The van der Waals surface area contributed by atoms with Crippen LogP contribution in [0.4, 0.5) is 0 Å². The molecule has 4 rings (SSSR count). The molecule has 1 fully saturated rings. The third-order valence-electron chi connectivity index (χ3n) is 5.36. The molecule has 112 valence electrons. The molecule has 2 aromatic rings. The van der Waals surface area contributed by atoms with Crippen molar-refractivity contribution in [3.8, 4) is 11.1 Å². The standard InChI is InChI=1S/C19H21BO2/c1-18(2)19(3,4)22-20(21-18)16-11-7-9-14-12-13-8-5-6-10-15(13)17(14)16/h5-11H,12H2,1-4H3. The highest BCUT2D eigenvalue weighted by Crippen LogP contribution is 2.40. The predicted molar refractivity (Wildman–Crippen MR) is 90.4 cm³/mol. The van der Waals surface area contributed by atoms with Gasteiger partial charge in [0.2, 0.25) is 0 Å². The van der Waals surface area contributed by atoms with Gasteiger partial charge in [-0.1, -0.05) is 42.5 Å². The van der Waals surface area contributed by atoms with E-state index in [-0.39, 0.29) is 18.3 Å². The lowest BCUT2D eigenvalue weighted by atomic mass is 9.74. The van der Waals surface area contributed by atoms with Crippen LogP contribution in [0, 0.1) is 0 Å². The van der Waals surface area contributed by atoms with Crippen LogP contribution in [0.1, 0.15) is 38.8 Å². The molecule has 2 aromatic carbocycles. The van der Waals surface area contributed by atoms with Gasteiger partial charge in [0.1, 0.15) is 0 Å². The molecule has 0 amide bonds. The van der Waals surface area contributed by atoms with Gasteiger partial charge in [-0.05, 0) is 61.8 Å². The van der Waals surface area contributed by atoms with Crippen LogP contribution in [0.25, 0.3) is 11.1 Å². The van der Waals surface area contributed by atoms with Crippen LogP contribution in [0.15, 0.2) is 42.5 Å². The zero-order valence-corrected chi connectivity index (χ0v) is 13.6. The van der Waals surface area contributed by atoms with Gasteiger partial charge in [0, 0.05) is 0 Å². The molecule has 0 spiro atoms. The molecule has 0 aromatic heterocycles. The van der Waals surface area contributed by atoms with Crippen molar-refractivity contribution in [1.82, 2.24) is 0 Å². The SMILES string of the molecule is CC1(C)OB(c2cccc3c2-c2ccccc2C3)OC1(C)C. The minimum atomic E-state index is -0.307. The summed E-state index contributed by atoms with van der Waals surface area (Å²) in [4.78, 5) is 0. The highest BCUT2D eigenvalue weighted by molar-refractivity contribution is 6.64. The zero-order chi connectivity index (χ0) is 15.5. The summed E-state index contributed by atoms with van der Waals surface area (Å²) < 4.78 is 12.5. The Morgan fingerprint density at radius 1 is 0.818 bits per heavy atom. The van der Waals surface area contributed by atoms with Crippen molar-refractivity contribution in [2.45, 2.75) is 45.3 Å². The number of fused-ring (bicyclic) bond motifs is 3. The smallest absolute Gasteiger partial charge is 0.399 e. The Morgan fingerprint density at radius 2 is 1.45 bits per heavy atom. The molecular formula is C19H21BO2. The first-order valence-corrected chi connectivity index (χ1v) is 7.95. The second-order valence-corrected chi connectivity index (χ2v) is 7.30. The van der Waals surface area contributed by atoms with Crippen LogP contribution in [0.3, 0.4) is 0 Å². The summed E-state index contributed by atoms with van der Waals surface area (Å²) in [6.45, 7) is 8.41. The molecule has 0 saturated carbocycles. The summed E-state index contributed by atoms with van der Waals surface area (Å²) in [5.74, 6) is 0. The molecule has 2 nitrogen and oxygen atoms in total. The topological polar surface area (TPSA) is 18.5 Å². The van der Waals surface area contributed by atoms with Gasteiger partial charge in [0.15, 0.2) is 0 Å². The summed E-state index contributed by atoms with van der Waals surface area (Å²) in [5, 5.41) is 0. The summed E-state index contributed by atoms with van der Waals surface area (Å²) in [6, 6.07) is 15.1. The van der Waals surface area contributed by atoms with E-state index >= 15 is 0 Å². The summed E-state index contributed by atoms with van der Waals surface area (Å²) in [7, 11) is -0.300. The van der Waals surface area contributed by atoms with Gasteiger partial charge in [0.25, 0.3) is 0 Å². The molecule has 1 aliphatic heterocycles. The van der Waals surface area contributed by atoms with Gasteiger partial charge in [0.05, 0.1) is 11.2 Å². The van der Waals surface area contributed by atoms with E-state index in [9.17, 15) is 0 Å². The van der Waals surface area contributed by atoms with Crippen molar-refractivity contribution in [3.63, 3.8) is 0 Å². The van der Waals surface area contributed by atoms with E-state index in [1.54, 1.807) is 0 Å². The Kier molecular flexibility index (Phi) is 2.85. The quantitative estimate of drug-likeness (QED) is 0.638. The molecule has 0 N–H and O–H groups in total. The summed E-state index contributed by atoms with van der Waals surface area (Å²) in [6.07, 6.45) is 0.999. The minimum absolute atomic E-state index is 0.300. The van der Waals surface area contributed by atoms with E-state index in [2.05, 4.69) is 70.2 Å². The Hall–Kier alpha value is -1.58. The first kappa shape index (κ1) is 14.0. The molecule has 1 heterocycles. The van der Waals surface area contributed by atoms with Crippen LogP contribution in [0.5, 0.6) is 0 Å². The fourth-order valence-corrected chi connectivity index (χ4v) is 3.39. The maximum atomic E-state index is 6.27. The fraction of sp³-hybridized carbons (Fsp3) is 0.368. The molecule has 3 heteroatoms. The Balaban J connectivity index is 1.83. The molecular weight excluding hydrogens is 271 g/mol. The van der Waals surface area contributed by atoms with E-state index in [4.69, 9.17) is 9.31 Å². The monoisotopic (exact) mass is 292 g/mol. The van der Waals surface area contributed by atoms with Crippen LogP contribution in [-0.4, -0.2) is 18.3 Å². The second kappa shape index (κ2) is 4.47. The highest BCUT2D eigenvalue weighted by atomic mass is 16.7. The first-order valence-electron chi connectivity index (χ1n) is 7.95. The van der Waals surface area contributed by atoms with E-state index in [1.807, 2.05) is 0 Å². The molecule has 1 saturated heterocycles. The van der Waals surface area contributed by atoms with E-state index in [0.29, 0.717) is 0 Å². The second-order valence-electron chi connectivity index (χ2n) is 7.30. The lowest BCUT2D eigenvalue weighted by molar-refractivity contribution is 0.00578. The Bertz CT molecular complexity index is 733. The average molecular weight is 292 g/mol. The summed E-state index contributed by atoms with van der Waals surface area (Å²) >= 11 is 0. The normalized spacial score (nSPS) is 20.8. The van der Waals surface area contributed by atoms with Crippen molar-refractivity contribution in [1.29, 1.82) is 0 Å². The molecule has 0 unspecified atom stereocenters. The molecule has 0 bridgehead atoms. The molecule has 22 heavy (non-hydrogen) atoms. The molecule has 0 radical (unpaired) electrons. The van der Waals surface area contributed by atoms with Gasteiger partial charge in [-0.25, -0.2) is 0 Å². The van der Waals surface area contributed by atoms with Gasteiger partial charge in [-0.3, -0.25) is 0 Å². The van der Waals surface area contributed by atoms with Gasteiger partial charge in [-0.2, -0.15) is 0 Å². The number of hydrogen-bond acceptors (Lipinski definition) is 2. The van der Waals surface area contributed by atoms with Crippen LogP contribution in [-0.2, 0) is 15.7 Å². The third-order valence-corrected chi connectivity index (χ3v) is 5.36. The number of rotatable bonds is 1. The van der Waals surface area contributed by atoms with Gasteiger partial charge in [-0.15, -0.1) is 0 Å². The van der Waals surface area contributed by atoms with Crippen molar-refractivity contribution >= 4 is 12.6 Å². The number of benzene rings is 2. The molecule has 2 aliphatic rings. The predicted octanol–water partition coefficient (Wildman–Crippen LogP) is 3.56.